The van der Waals surface area contributed by atoms with Crippen molar-refractivity contribution in [3.05, 3.63) is 23.8 Å². The first kappa shape index (κ1) is 12.9. The Morgan fingerprint density at radius 1 is 1.56 bits per heavy atom. The topological polar surface area (TPSA) is 70.6 Å². The van der Waals surface area contributed by atoms with Crippen molar-refractivity contribution >= 4 is 11.6 Å². The number of ether oxygens (including phenoxy) is 1. The molecule has 0 bridgehead atoms. The Bertz CT molecular complexity index is 434. The summed E-state index contributed by atoms with van der Waals surface area (Å²) in [5.74, 6) is 0.828. The van der Waals surface area contributed by atoms with E-state index in [1.165, 1.54) is 0 Å². The van der Waals surface area contributed by atoms with E-state index in [1.807, 2.05) is 25.1 Å². The van der Waals surface area contributed by atoms with Crippen LogP contribution in [0.25, 0.3) is 0 Å². The maximum atomic E-state index is 11.2. The summed E-state index contributed by atoms with van der Waals surface area (Å²) >= 11 is 0. The van der Waals surface area contributed by atoms with E-state index in [4.69, 9.17) is 9.84 Å². The van der Waals surface area contributed by atoms with E-state index >= 15 is 0 Å². The highest BCUT2D eigenvalue weighted by molar-refractivity contribution is 5.95. The molecule has 1 atom stereocenters. The molecule has 18 heavy (non-hydrogen) atoms. The van der Waals surface area contributed by atoms with Crippen molar-refractivity contribution in [2.24, 2.45) is 5.92 Å². The summed E-state index contributed by atoms with van der Waals surface area (Å²) in [6.07, 6.45) is 0. The van der Waals surface area contributed by atoms with E-state index in [2.05, 4.69) is 10.6 Å². The minimum atomic E-state index is -0.124. The van der Waals surface area contributed by atoms with Gasteiger partial charge in [0, 0.05) is 19.7 Å². The standard InChI is InChI=1S/C13H18N2O3/c1-9(7-16)5-14-6-10-2-3-12-11(4-10)15-13(17)8-18-12/h2-4,9,14,16H,5-8H2,1H3,(H,15,17). The molecular formula is C13H18N2O3. The molecule has 1 aliphatic rings. The van der Waals surface area contributed by atoms with Gasteiger partial charge in [-0.15, -0.1) is 0 Å². The summed E-state index contributed by atoms with van der Waals surface area (Å²) in [5.41, 5.74) is 1.80. The Kier molecular flexibility index (Phi) is 4.17. The molecule has 0 aliphatic carbocycles. The van der Waals surface area contributed by atoms with E-state index in [9.17, 15) is 4.79 Å². The van der Waals surface area contributed by atoms with Crippen LogP contribution in [0.2, 0.25) is 0 Å². The van der Waals surface area contributed by atoms with E-state index in [-0.39, 0.29) is 25.0 Å². The van der Waals surface area contributed by atoms with Gasteiger partial charge in [-0.3, -0.25) is 4.79 Å². The van der Waals surface area contributed by atoms with Crippen molar-refractivity contribution in [3.8, 4) is 5.75 Å². The van der Waals surface area contributed by atoms with Crippen molar-refractivity contribution in [2.45, 2.75) is 13.5 Å². The minimum absolute atomic E-state index is 0.0820. The van der Waals surface area contributed by atoms with Crippen molar-refractivity contribution in [1.82, 2.24) is 5.32 Å². The van der Waals surface area contributed by atoms with E-state index in [0.717, 1.165) is 17.8 Å². The highest BCUT2D eigenvalue weighted by Gasteiger charge is 2.15. The molecule has 0 fully saturated rings. The molecule has 0 saturated heterocycles. The van der Waals surface area contributed by atoms with E-state index < -0.39 is 0 Å². The Morgan fingerprint density at radius 2 is 2.39 bits per heavy atom. The molecular weight excluding hydrogens is 232 g/mol. The van der Waals surface area contributed by atoms with Crippen LogP contribution in [0, 0.1) is 5.92 Å². The van der Waals surface area contributed by atoms with Crippen LogP contribution in [0.3, 0.4) is 0 Å². The molecule has 1 heterocycles. The van der Waals surface area contributed by atoms with Gasteiger partial charge in [-0.05, 0) is 23.6 Å². The first-order chi connectivity index (χ1) is 8.69. The molecule has 5 nitrogen and oxygen atoms in total. The normalized spacial score (nSPS) is 15.6. The van der Waals surface area contributed by atoms with Crippen LogP contribution in [0.5, 0.6) is 5.75 Å². The fraction of sp³-hybridized carbons (Fsp3) is 0.462. The number of carbonyl (C=O) groups excluding carboxylic acids is 1. The molecule has 3 N–H and O–H groups in total. The fourth-order valence-electron chi connectivity index (χ4n) is 1.77. The first-order valence-electron chi connectivity index (χ1n) is 6.06. The Balaban J connectivity index is 1.94. The van der Waals surface area contributed by atoms with Crippen LogP contribution in [-0.2, 0) is 11.3 Å². The van der Waals surface area contributed by atoms with Gasteiger partial charge in [0.15, 0.2) is 6.61 Å². The third kappa shape index (κ3) is 3.21. The number of rotatable bonds is 5. The molecule has 2 rings (SSSR count). The average Bonchev–Trinajstić information content (AvgIpc) is 2.38. The Hall–Kier alpha value is -1.59. The van der Waals surface area contributed by atoms with Gasteiger partial charge in [-0.25, -0.2) is 0 Å². The zero-order valence-corrected chi connectivity index (χ0v) is 10.4. The lowest BCUT2D eigenvalue weighted by Crippen LogP contribution is -2.26. The molecule has 0 saturated carbocycles. The van der Waals surface area contributed by atoms with Gasteiger partial charge in [0.1, 0.15) is 5.75 Å². The van der Waals surface area contributed by atoms with Crippen molar-refractivity contribution in [1.29, 1.82) is 0 Å². The van der Waals surface area contributed by atoms with E-state index in [0.29, 0.717) is 12.3 Å². The highest BCUT2D eigenvalue weighted by Crippen LogP contribution is 2.28. The molecule has 5 heteroatoms. The van der Waals surface area contributed by atoms with E-state index in [1.54, 1.807) is 0 Å². The quantitative estimate of drug-likeness (QED) is 0.720. The van der Waals surface area contributed by atoms with Gasteiger partial charge in [0.25, 0.3) is 5.91 Å². The van der Waals surface area contributed by atoms with Crippen LogP contribution in [0.1, 0.15) is 12.5 Å². The summed E-state index contributed by atoms with van der Waals surface area (Å²) in [5, 5.41) is 15.0. The second-order valence-corrected chi connectivity index (χ2v) is 4.59. The molecule has 0 spiro atoms. The maximum absolute atomic E-state index is 11.2. The third-order valence-corrected chi connectivity index (χ3v) is 2.81. The molecule has 1 unspecified atom stereocenters. The number of hydrogen-bond donors (Lipinski definition) is 3. The van der Waals surface area contributed by atoms with Crippen LogP contribution >= 0.6 is 0 Å². The van der Waals surface area contributed by atoms with Crippen LogP contribution in [-0.4, -0.2) is 30.8 Å². The van der Waals surface area contributed by atoms with Crippen LogP contribution < -0.4 is 15.4 Å². The number of fused-ring (bicyclic) bond motifs is 1. The molecule has 1 aliphatic heterocycles. The monoisotopic (exact) mass is 250 g/mol. The second-order valence-electron chi connectivity index (χ2n) is 4.59. The largest absolute Gasteiger partial charge is 0.482 e. The maximum Gasteiger partial charge on any atom is 0.262 e. The highest BCUT2D eigenvalue weighted by atomic mass is 16.5. The number of hydrogen-bond acceptors (Lipinski definition) is 4. The lowest BCUT2D eigenvalue weighted by molar-refractivity contribution is -0.118. The lowest BCUT2D eigenvalue weighted by Gasteiger charge is -2.18. The summed E-state index contributed by atoms with van der Waals surface area (Å²) < 4.78 is 5.29. The van der Waals surface area contributed by atoms with Gasteiger partial charge >= 0.3 is 0 Å². The molecule has 98 valence electrons. The average molecular weight is 250 g/mol. The number of carbonyl (C=O) groups is 1. The molecule has 1 amide bonds. The molecule has 1 aromatic rings. The van der Waals surface area contributed by atoms with Gasteiger partial charge in [-0.1, -0.05) is 13.0 Å². The lowest BCUT2D eigenvalue weighted by atomic mass is 10.1. The predicted octanol–water partition coefficient (Wildman–Crippen LogP) is 0.735. The number of benzene rings is 1. The summed E-state index contributed by atoms with van der Waals surface area (Å²) in [6, 6.07) is 5.73. The zero-order chi connectivity index (χ0) is 13.0. The smallest absolute Gasteiger partial charge is 0.262 e. The Labute approximate surface area is 106 Å². The SMILES string of the molecule is CC(CO)CNCc1ccc2c(c1)NC(=O)CO2. The van der Waals surface area contributed by atoms with Gasteiger partial charge in [0.2, 0.25) is 0 Å². The molecule has 0 aromatic heterocycles. The number of aliphatic hydroxyl groups is 1. The summed E-state index contributed by atoms with van der Waals surface area (Å²) in [6.45, 7) is 3.71. The summed E-state index contributed by atoms with van der Waals surface area (Å²) in [4.78, 5) is 11.2. The molecule has 0 radical (unpaired) electrons. The zero-order valence-electron chi connectivity index (χ0n) is 10.4. The third-order valence-electron chi connectivity index (χ3n) is 2.81. The van der Waals surface area contributed by atoms with Crippen LogP contribution in [0.15, 0.2) is 18.2 Å². The first-order valence-corrected chi connectivity index (χ1v) is 6.06. The molecule has 1 aromatic carbocycles. The Morgan fingerprint density at radius 3 is 3.17 bits per heavy atom. The van der Waals surface area contributed by atoms with Gasteiger partial charge in [0.05, 0.1) is 5.69 Å². The fourth-order valence-corrected chi connectivity index (χ4v) is 1.77. The minimum Gasteiger partial charge on any atom is -0.482 e. The second kappa shape index (κ2) is 5.84. The van der Waals surface area contributed by atoms with Gasteiger partial charge < -0.3 is 20.5 Å². The van der Waals surface area contributed by atoms with Crippen molar-refractivity contribution < 1.29 is 14.6 Å². The number of aliphatic hydroxyl groups excluding tert-OH is 1. The van der Waals surface area contributed by atoms with Crippen LogP contribution in [0.4, 0.5) is 5.69 Å². The summed E-state index contributed by atoms with van der Waals surface area (Å²) in [7, 11) is 0. The predicted molar refractivity (Wildman–Crippen MR) is 68.5 cm³/mol. The van der Waals surface area contributed by atoms with Crippen molar-refractivity contribution in [3.63, 3.8) is 0 Å². The number of anilines is 1. The van der Waals surface area contributed by atoms with Gasteiger partial charge in [-0.2, -0.15) is 0 Å². The van der Waals surface area contributed by atoms with Crippen molar-refractivity contribution in [2.75, 3.05) is 25.1 Å². The number of amides is 1. The number of nitrogens with one attached hydrogen (secondary N) is 2.